The van der Waals surface area contributed by atoms with Crippen molar-refractivity contribution in [3.05, 3.63) is 36.3 Å². The fraction of sp³-hybridized carbons (Fsp3) is 0.562. The Morgan fingerprint density at radius 1 is 1.17 bits per heavy atom. The van der Waals surface area contributed by atoms with Gasteiger partial charge in [0.05, 0.1) is 11.5 Å². The van der Waals surface area contributed by atoms with E-state index < -0.39 is 9.84 Å². The van der Waals surface area contributed by atoms with Gasteiger partial charge in [0.1, 0.15) is 5.65 Å². The van der Waals surface area contributed by atoms with Crippen LogP contribution in [0.25, 0.3) is 5.65 Å². The second-order valence-electron chi connectivity index (χ2n) is 6.54. The Balaban J connectivity index is 1.38. The van der Waals surface area contributed by atoms with Gasteiger partial charge in [-0.2, -0.15) is 0 Å². The third-order valence-corrected chi connectivity index (χ3v) is 6.78. The van der Waals surface area contributed by atoms with Crippen molar-refractivity contribution in [2.75, 3.05) is 37.7 Å². The molecular formula is C16H22N4O2S. The molecule has 2 aliphatic heterocycles. The molecule has 7 heteroatoms. The molecule has 0 aromatic carbocycles. The Morgan fingerprint density at radius 2 is 2.00 bits per heavy atom. The minimum Gasteiger partial charge on any atom is -0.303 e. The summed E-state index contributed by atoms with van der Waals surface area (Å²) in [6, 6.07) is 6.45. The molecule has 0 aliphatic carbocycles. The van der Waals surface area contributed by atoms with E-state index in [0.717, 1.165) is 44.8 Å². The minimum atomic E-state index is -2.79. The van der Waals surface area contributed by atoms with Gasteiger partial charge in [0.15, 0.2) is 9.84 Å². The molecular weight excluding hydrogens is 312 g/mol. The van der Waals surface area contributed by atoms with E-state index in [1.807, 2.05) is 18.5 Å². The van der Waals surface area contributed by atoms with Crippen molar-refractivity contribution in [1.29, 1.82) is 0 Å². The molecule has 0 amide bonds. The number of rotatable bonds is 3. The van der Waals surface area contributed by atoms with Gasteiger partial charge in [-0.15, -0.1) is 0 Å². The lowest BCUT2D eigenvalue weighted by Crippen LogP contribution is -2.50. The maximum atomic E-state index is 11.6. The van der Waals surface area contributed by atoms with E-state index in [0.29, 0.717) is 11.5 Å². The summed E-state index contributed by atoms with van der Waals surface area (Å²) in [6.45, 7) is 4.80. The van der Waals surface area contributed by atoms with Crippen LogP contribution < -0.4 is 0 Å². The van der Waals surface area contributed by atoms with Crippen molar-refractivity contribution in [3.8, 4) is 0 Å². The largest absolute Gasteiger partial charge is 0.303 e. The summed E-state index contributed by atoms with van der Waals surface area (Å²) in [5, 5.41) is 0. The highest BCUT2D eigenvalue weighted by Crippen LogP contribution is 2.20. The SMILES string of the molecule is O=S1(=O)CC[C@H](N2CCN(Cc3cccc4nccn34)CC2)C1. The number of nitrogens with zero attached hydrogens (tertiary/aromatic N) is 4. The summed E-state index contributed by atoms with van der Waals surface area (Å²) in [5.74, 6) is 0.710. The number of pyridine rings is 1. The van der Waals surface area contributed by atoms with E-state index in [4.69, 9.17) is 0 Å². The lowest BCUT2D eigenvalue weighted by molar-refractivity contribution is 0.0990. The van der Waals surface area contributed by atoms with Crippen LogP contribution in [0.15, 0.2) is 30.6 Å². The van der Waals surface area contributed by atoms with Gasteiger partial charge in [-0.25, -0.2) is 13.4 Å². The summed E-state index contributed by atoms with van der Waals surface area (Å²) in [6.07, 6.45) is 4.64. The van der Waals surface area contributed by atoms with Gasteiger partial charge in [-0.05, 0) is 18.6 Å². The number of imidazole rings is 1. The van der Waals surface area contributed by atoms with E-state index in [1.54, 1.807) is 0 Å². The fourth-order valence-electron chi connectivity index (χ4n) is 3.71. The van der Waals surface area contributed by atoms with Crippen molar-refractivity contribution in [2.45, 2.75) is 19.0 Å². The summed E-state index contributed by atoms with van der Waals surface area (Å²) in [7, 11) is -2.79. The van der Waals surface area contributed by atoms with Gasteiger partial charge >= 0.3 is 0 Å². The summed E-state index contributed by atoms with van der Waals surface area (Å²) in [5.41, 5.74) is 2.23. The topological polar surface area (TPSA) is 57.9 Å². The second-order valence-corrected chi connectivity index (χ2v) is 8.77. The first-order chi connectivity index (χ1) is 11.1. The second kappa shape index (κ2) is 5.89. The van der Waals surface area contributed by atoms with E-state index in [2.05, 4.69) is 31.3 Å². The van der Waals surface area contributed by atoms with Crippen LogP contribution in [0.1, 0.15) is 12.1 Å². The molecule has 2 aliphatic rings. The number of sulfone groups is 1. The number of hydrogen-bond donors (Lipinski definition) is 0. The van der Waals surface area contributed by atoms with Crippen molar-refractivity contribution < 1.29 is 8.42 Å². The van der Waals surface area contributed by atoms with Crippen molar-refractivity contribution in [3.63, 3.8) is 0 Å². The molecule has 4 heterocycles. The number of fused-ring (bicyclic) bond motifs is 1. The Bertz CT molecular complexity index is 793. The molecule has 2 fully saturated rings. The Labute approximate surface area is 136 Å². The highest BCUT2D eigenvalue weighted by atomic mass is 32.2. The van der Waals surface area contributed by atoms with Gasteiger partial charge in [0, 0.05) is 56.9 Å². The molecule has 0 bridgehead atoms. The van der Waals surface area contributed by atoms with E-state index in [1.165, 1.54) is 5.69 Å². The molecule has 0 saturated carbocycles. The molecule has 23 heavy (non-hydrogen) atoms. The molecule has 2 aromatic heterocycles. The number of aromatic nitrogens is 2. The maximum absolute atomic E-state index is 11.6. The Hall–Kier alpha value is -1.44. The molecule has 2 saturated heterocycles. The molecule has 1 atom stereocenters. The van der Waals surface area contributed by atoms with Crippen molar-refractivity contribution >= 4 is 15.5 Å². The molecule has 6 nitrogen and oxygen atoms in total. The molecule has 0 radical (unpaired) electrons. The molecule has 0 unspecified atom stereocenters. The summed E-state index contributed by atoms with van der Waals surface area (Å²) in [4.78, 5) is 9.13. The van der Waals surface area contributed by atoms with E-state index in [-0.39, 0.29) is 6.04 Å². The molecule has 0 spiro atoms. The fourth-order valence-corrected chi connectivity index (χ4v) is 5.48. The van der Waals surface area contributed by atoms with Gasteiger partial charge in [0.2, 0.25) is 0 Å². The monoisotopic (exact) mass is 334 g/mol. The van der Waals surface area contributed by atoms with Crippen molar-refractivity contribution in [1.82, 2.24) is 19.2 Å². The standard InChI is InChI=1S/C16H22N4O2S/c21-23(22)11-4-15(13-23)19-9-7-18(8-10-19)12-14-2-1-3-16-17-5-6-20(14)16/h1-3,5-6,15H,4,7-13H2/t15-/m0/s1. The Morgan fingerprint density at radius 3 is 2.74 bits per heavy atom. The first-order valence-corrected chi connectivity index (χ1v) is 10.0. The van der Waals surface area contributed by atoms with Crippen LogP contribution in [0, 0.1) is 0 Å². The average molecular weight is 334 g/mol. The number of piperazine rings is 1. The zero-order valence-corrected chi connectivity index (χ0v) is 14.0. The highest BCUT2D eigenvalue weighted by Gasteiger charge is 2.33. The lowest BCUT2D eigenvalue weighted by Gasteiger charge is -2.37. The Kier molecular flexibility index (Phi) is 3.87. The van der Waals surface area contributed by atoms with Crippen LogP contribution >= 0.6 is 0 Å². The number of hydrogen-bond acceptors (Lipinski definition) is 5. The smallest absolute Gasteiger partial charge is 0.151 e. The van der Waals surface area contributed by atoms with Crippen LogP contribution in [-0.2, 0) is 16.4 Å². The van der Waals surface area contributed by atoms with Crippen LogP contribution in [-0.4, -0.2) is 71.3 Å². The van der Waals surface area contributed by atoms with Crippen LogP contribution in [0.3, 0.4) is 0 Å². The lowest BCUT2D eigenvalue weighted by atomic mass is 10.2. The predicted molar refractivity (Wildman–Crippen MR) is 89.1 cm³/mol. The van der Waals surface area contributed by atoms with Gasteiger partial charge in [0.25, 0.3) is 0 Å². The minimum absolute atomic E-state index is 0.235. The third-order valence-electron chi connectivity index (χ3n) is 5.03. The third kappa shape index (κ3) is 3.13. The van der Waals surface area contributed by atoms with Gasteiger partial charge < -0.3 is 4.40 Å². The molecule has 2 aromatic rings. The first-order valence-electron chi connectivity index (χ1n) is 8.18. The molecule has 4 rings (SSSR count). The zero-order valence-electron chi connectivity index (χ0n) is 13.1. The van der Waals surface area contributed by atoms with Crippen molar-refractivity contribution in [2.24, 2.45) is 0 Å². The van der Waals surface area contributed by atoms with Crippen LogP contribution in [0.5, 0.6) is 0 Å². The van der Waals surface area contributed by atoms with Crippen LogP contribution in [0.4, 0.5) is 0 Å². The van der Waals surface area contributed by atoms with Gasteiger partial charge in [-0.1, -0.05) is 6.07 Å². The molecule has 0 N–H and O–H groups in total. The first kappa shape index (κ1) is 15.1. The quantitative estimate of drug-likeness (QED) is 0.824. The summed E-state index contributed by atoms with van der Waals surface area (Å²) < 4.78 is 25.4. The van der Waals surface area contributed by atoms with Gasteiger partial charge in [-0.3, -0.25) is 9.80 Å². The van der Waals surface area contributed by atoms with E-state index >= 15 is 0 Å². The average Bonchev–Trinajstić information content (AvgIpc) is 3.15. The zero-order chi connectivity index (χ0) is 15.9. The highest BCUT2D eigenvalue weighted by molar-refractivity contribution is 7.91. The predicted octanol–water partition coefficient (Wildman–Crippen LogP) is 0.639. The van der Waals surface area contributed by atoms with Crippen LogP contribution in [0.2, 0.25) is 0 Å². The maximum Gasteiger partial charge on any atom is 0.151 e. The van der Waals surface area contributed by atoms with E-state index in [9.17, 15) is 8.42 Å². The molecule has 124 valence electrons. The summed E-state index contributed by atoms with van der Waals surface area (Å²) >= 11 is 0. The normalized spacial score (nSPS) is 26.0.